The third kappa shape index (κ3) is 2.67. The Hall–Kier alpha value is -1.89. The van der Waals surface area contributed by atoms with Crippen LogP contribution in [-0.2, 0) is 4.79 Å². The second-order valence-corrected chi connectivity index (χ2v) is 4.53. The first-order chi connectivity index (χ1) is 8.60. The molecule has 1 aromatic heterocycles. The maximum absolute atomic E-state index is 11.5. The molecule has 0 radical (unpaired) electrons. The van der Waals surface area contributed by atoms with E-state index in [1.807, 2.05) is 11.8 Å². The van der Waals surface area contributed by atoms with Gasteiger partial charge in [0.25, 0.3) is 0 Å². The lowest BCUT2D eigenvalue weighted by molar-refractivity contribution is -0.125. The topological polar surface area (TPSA) is 110 Å². The first-order valence-corrected chi connectivity index (χ1v) is 5.96. The van der Waals surface area contributed by atoms with E-state index < -0.39 is 0 Å². The highest BCUT2D eigenvalue weighted by atomic mass is 16.2. The number of hydrazine groups is 1. The van der Waals surface area contributed by atoms with Crippen molar-refractivity contribution in [2.24, 2.45) is 11.8 Å². The van der Waals surface area contributed by atoms with Gasteiger partial charge < -0.3 is 10.6 Å². The Morgan fingerprint density at radius 2 is 2.33 bits per heavy atom. The van der Waals surface area contributed by atoms with Crippen LogP contribution in [0.3, 0.4) is 0 Å². The molecule has 0 aromatic carbocycles. The molecular formula is C11H18N6O. The molecule has 7 nitrogen and oxygen atoms in total. The van der Waals surface area contributed by atoms with Gasteiger partial charge in [0.1, 0.15) is 5.82 Å². The van der Waals surface area contributed by atoms with E-state index in [2.05, 4.69) is 15.4 Å². The quantitative estimate of drug-likeness (QED) is 0.373. The second kappa shape index (κ2) is 5.18. The maximum Gasteiger partial charge on any atom is 0.238 e. The fraction of sp³-hybridized carbons (Fsp3) is 0.545. The molecular weight excluding hydrogens is 232 g/mol. The predicted molar refractivity (Wildman–Crippen MR) is 68.4 cm³/mol. The minimum Gasteiger partial charge on any atom is -0.384 e. The Morgan fingerprint density at radius 3 is 3.00 bits per heavy atom. The molecule has 0 unspecified atom stereocenters. The number of carbonyl (C=O) groups excluding carboxylic acids is 1. The Labute approximate surface area is 106 Å². The number of carbonyl (C=O) groups is 1. The normalized spacial score (nSPS) is 19.7. The van der Waals surface area contributed by atoms with Crippen LogP contribution in [0, 0.1) is 12.8 Å². The average Bonchev–Trinajstić information content (AvgIpc) is 2.37. The largest absolute Gasteiger partial charge is 0.384 e. The molecule has 0 aliphatic carbocycles. The predicted octanol–water partition coefficient (Wildman–Crippen LogP) is -0.426. The van der Waals surface area contributed by atoms with Crippen LogP contribution in [-0.4, -0.2) is 29.0 Å². The smallest absolute Gasteiger partial charge is 0.238 e. The van der Waals surface area contributed by atoms with Gasteiger partial charge in [0.05, 0.1) is 5.92 Å². The lowest BCUT2D eigenvalue weighted by Gasteiger charge is -2.31. The summed E-state index contributed by atoms with van der Waals surface area (Å²) < 4.78 is 0. The molecule has 1 amide bonds. The van der Waals surface area contributed by atoms with Gasteiger partial charge in [-0.15, -0.1) is 0 Å². The van der Waals surface area contributed by atoms with E-state index in [-0.39, 0.29) is 11.8 Å². The monoisotopic (exact) mass is 250 g/mol. The van der Waals surface area contributed by atoms with E-state index in [1.165, 1.54) is 0 Å². The summed E-state index contributed by atoms with van der Waals surface area (Å²) in [5.74, 6) is 5.94. The number of rotatable bonds is 2. The summed E-state index contributed by atoms with van der Waals surface area (Å²) in [6, 6.07) is 1.72. The molecule has 1 aliphatic rings. The summed E-state index contributed by atoms with van der Waals surface area (Å²) >= 11 is 0. The first-order valence-electron chi connectivity index (χ1n) is 5.96. The molecule has 1 saturated heterocycles. The molecule has 0 bridgehead atoms. The number of aromatic nitrogens is 2. The van der Waals surface area contributed by atoms with Gasteiger partial charge in [-0.25, -0.2) is 10.8 Å². The summed E-state index contributed by atoms with van der Waals surface area (Å²) in [7, 11) is 0. The van der Waals surface area contributed by atoms with Gasteiger partial charge in [0, 0.05) is 24.8 Å². The molecule has 7 heteroatoms. The minimum absolute atomic E-state index is 0.117. The Morgan fingerprint density at radius 1 is 1.56 bits per heavy atom. The van der Waals surface area contributed by atoms with Crippen molar-refractivity contribution in [1.82, 2.24) is 15.4 Å². The van der Waals surface area contributed by atoms with Crippen LogP contribution >= 0.6 is 0 Å². The number of nitrogens with one attached hydrogen (secondary N) is 1. The molecule has 0 saturated carbocycles. The van der Waals surface area contributed by atoms with E-state index in [1.54, 1.807) is 6.07 Å². The zero-order valence-corrected chi connectivity index (χ0v) is 10.4. The highest BCUT2D eigenvalue weighted by Crippen LogP contribution is 2.21. The van der Waals surface area contributed by atoms with E-state index in [0.29, 0.717) is 18.3 Å². The molecule has 18 heavy (non-hydrogen) atoms. The number of nitrogen functional groups attached to an aromatic ring is 1. The number of anilines is 2. The van der Waals surface area contributed by atoms with Crippen LogP contribution in [0.2, 0.25) is 0 Å². The fourth-order valence-corrected chi connectivity index (χ4v) is 2.21. The van der Waals surface area contributed by atoms with Gasteiger partial charge in [-0.05, 0) is 19.8 Å². The van der Waals surface area contributed by atoms with Gasteiger partial charge in [-0.3, -0.25) is 10.2 Å². The molecule has 1 aliphatic heterocycles. The van der Waals surface area contributed by atoms with Crippen molar-refractivity contribution in [1.29, 1.82) is 0 Å². The zero-order chi connectivity index (χ0) is 13.1. The average molecular weight is 250 g/mol. The van der Waals surface area contributed by atoms with Crippen molar-refractivity contribution in [2.45, 2.75) is 19.8 Å². The van der Waals surface area contributed by atoms with Crippen molar-refractivity contribution < 1.29 is 4.79 Å². The number of nitrogens with two attached hydrogens (primary N) is 2. The molecule has 2 heterocycles. The molecule has 98 valence electrons. The highest BCUT2D eigenvalue weighted by Gasteiger charge is 2.26. The fourth-order valence-electron chi connectivity index (χ4n) is 2.21. The van der Waals surface area contributed by atoms with Crippen molar-refractivity contribution in [2.75, 3.05) is 23.7 Å². The molecule has 1 atom stereocenters. The van der Waals surface area contributed by atoms with E-state index in [9.17, 15) is 4.79 Å². The molecule has 0 spiro atoms. The third-order valence-corrected chi connectivity index (χ3v) is 3.08. The van der Waals surface area contributed by atoms with Crippen LogP contribution < -0.4 is 21.9 Å². The zero-order valence-electron chi connectivity index (χ0n) is 10.4. The van der Waals surface area contributed by atoms with Crippen LogP contribution in [0.5, 0.6) is 0 Å². The highest BCUT2D eigenvalue weighted by molar-refractivity contribution is 5.78. The van der Waals surface area contributed by atoms with Crippen LogP contribution in [0.1, 0.15) is 18.5 Å². The SMILES string of the molecule is Cc1cc(N)nc(N2CCC[C@H](C(=O)NN)C2)n1. The minimum atomic E-state index is -0.139. The van der Waals surface area contributed by atoms with Crippen LogP contribution in [0.4, 0.5) is 11.8 Å². The van der Waals surface area contributed by atoms with Gasteiger partial charge in [-0.2, -0.15) is 4.98 Å². The Bertz CT molecular complexity index is 429. The van der Waals surface area contributed by atoms with Crippen LogP contribution in [0.15, 0.2) is 6.07 Å². The number of nitrogens with zero attached hydrogens (tertiary/aromatic N) is 3. The molecule has 1 aromatic rings. The lowest BCUT2D eigenvalue weighted by atomic mass is 9.98. The van der Waals surface area contributed by atoms with Crippen LogP contribution in [0.25, 0.3) is 0 Å². The van der Waals surface area contributed by atoms with E-state index >= 15 is 0 Å². The standard InChI is InChI=1S/C11H18N6O/c1-7-5-9(12)15-11(14-7)17-4-2-3-8(6-17)10(18)16-13/h5,8H,2-4,6,13H2,1H3,(H,16,18)(H2,12,14,15)/t8-/m0/s1. The lowest BCUT2D eigenvalue weighted by Crippen LogP contribution is -2.45. The van der Waals surface area contributed by atoms with Crippen molar-refractivity contribution in [3.63, 3.8) is 0 Å². The summed E-state index contributed by atoms with van der Waals surface area (Å²) in [5, 5.41) is 0. The summed E-state index contributed by atoms with van der Waals surface area (Å²) in [5.41, 5.74) is 8.73. The second-order valence-electron chi connectivity index (χ2n) is 4.53. The number of aryl methyl sites for hydroxylation is 1. The Kier molecular flexibility index (Phi) is 3.61. The van der Waals surface area contributed by atoms with Gasteiger partial charge in [0.2, 0.25) is 11.9 Å². The third-order valence-electron chi connectivity index (χ3n) is 3.08. The summed E-state index contributed by atoms with van der Waals surface area (Å²) in [4.78, 5) is 22.1. The molecule has 2 rings (SSSR count). The van der Waals surface area contributed by atoms with E-state index in [0.717, 1.165) is 25.1 Å². The number of amides is 1. The van der Waals surface area contributed by atoms with Gasteiger partial charge in [0.15, 0.2) is 0 Å². The van der Waals surface area contributed by atoms with Gasteiger partial charge >= 0.3 is 0 Å². The molecule has 1 fully saturated rings. The van der Waals surface area contributed by atoms with E-state index in [4.69, 9.17) is 11.6 Å². The Balaban J connectivity index is 2.15. The van der Waals surface area contributed by atoms with Crippen molar-refractivity contribution >= 4 is 17.7 Å². The summed E-state index contributed by atoms with van der Waals surface area (Å²) in [6.45, 7) is 3.28. The molecule has 5 N–H and O–H groups in total. The number of hydrogen-bond donors (Lipinski definition) is 3. The first kappa shape index (κ1) is 12.6. The summed E-state index contributed by atoms with van der Waals surface area (Å²) in [6.07, 6.45) is 1.75. The van der Waals surface area contributed by atoms with Gasteiger partial charge in [-0.1, -0.05) is 0 Å². The number of hydrogen-bond acceptors (Lipinski definition) is 6. The van der Waals surface area contributed by atoms with Crippen molar-refractivity contribution in [3.05, 3.63) is 11.8 Å². The van der Waals surface area contributed by atoms with Crippen molar-refractivity contribution in [3.8, 4) is 0 Å². The number of piperidine rings is 1. The maximum atomic E-state index is 11.5.